The standard InChI is InChI=1S/C18H36N2O/c1-2-15-20-18(21)14-16-19-17-12-10-8-6-4-3-5-7-9-11-13-17/h17,19H,2-16H2,1H3,(H,20,21). The minimum Gasteiger partial charge on any atom is -0.356 e. The van der Waals surface area contributed by atoms with Crippen LogP contribution in [0.2, 0.25) is 0 Å². The van der Waals surface area contributed by atoms with E-state index >= 15 is 0 Å². The zero-order valence-corrected chi connectivity index (χ0v) is 14.1. The van der Waals surface area contributed by atoms with E-state index in [4.69, 9.17) is 0 Å². The van der Waals surface area contributed by atoms with Gasteiger partial charge in [-0.3, -0.25) is 4.79 Å². The molecule has 0 aliphatic heterocycles. The molecule has 3 nitrogen and oxygen atoms in total. The van der Waals surface area contributed by atoms with Gasteiger partial charge in [0.15, 0.2) is 0 Å². The molecule has 0 aromatic carbocycles. The summed E-state index contributed by atoms with van der Waals surface area (Å²) in [7, 11) is 0. The molecule has 0 bridgehead atoms. The summed E-state index contributed by atoms with van der Waals surface area (Å²) in [6.45, 7) is 3.73. The quantitative estimate of drug-likeness (QED) is 0.772. The van der Waals surface area contributed by atoms with Crippen LogP contribution in [0.5, 0.6) is 0 Å². The van der Waals surface area contributed by atoms with E-state index in [0.29, 0.717) is 12.5 Å². The van der Waals surface area contributed by atoms with Gasteiger partial charge in [0.2, 0.25) is 5.91 Å². The van der Waals surface area contributed by atoms with E-state index in [2.05, 4.69) is 17.6 Å². The van der Waals surface area contributed by atoms with Crippen molar-refractivity contribution in [1.82, 2.24) is 10.6 Å². The van der Waals surface area contributed by atoms with Crippen molar-refractivity contribution in [1.29, 1.82) is 0 Å². The summed E-state index contributed by atoms with van der Waals surface area (Å²) < 4.78 is 0. The lowest BCUT2D eigenvalue weighted by Gasteiger charge is -2.19. The molecule has 21 heavy (non-hydrogen) atoms. The van der Waals surface area contributed by atoms with Gasteiger partial charge in [-0.15, -0.1) is 0 Å². The molecular weight excluding hydrogens is 260 g/mol. The molecule has 0 aromatic rings. The molecular formula is C18H36N2O. The lowest BCUT2D eigenvalue weighted by atomic mass is 9.98. The summed E-state index contributed by atoms with van der Waals surface area (Å²) in [5.41, 5.74) is 0. The molecule has 1 aliphatic rings. The summed E-state index contributed by atoms with van der Waals surface area (Å²) in [5.74, 6) is 0.192. The SMILES string of the molecule is CCCNC(=O)CCNC1CCCCCCCCCCC1. The average Bonchev–Trinajstić information content (AvgIpc) is 2.47. The van der Waals surface area contributed by atoms with Gasteiger partial charge in [0.25, 0.3) is 0 Å². The molecule has 3 heteroatoms. The van der Waals surface area contributed by atoms with Crippen LogP contribution in [0.1, 0.15) is 90.4 Å². The van der Waals surface area contributed by atoms with Crippen LogP contribution in [0, 0.1) is 0 Å². The topological polar surface area (TPSA) is 41.1 Å². The van der Waals surface area contributed by atoms with Crippen molar-refractivity contribution in [2.45, 2.75) is 96.4 Å². The van der Waals surface area contributed by atoms with Gasteiger partial charge in [-0.05, 0) is 19.3 Å². The van der Waals surface area contributed by atoms with Crippen molar-refractivity contribution in [2.75, 3.05) is 13.1 Å². The fourth-order valence-corrected chi connectivity index (χ4v) is 3.11. The van der Waals surface area contributed by atoms with Crippen LogP contribution in [-0.2, 0) is 4.79 Å². The monoisotopic (exact) mass is 296 g/mol. The molecule has 1 amide bonds. The van der Waals surface area contributed by atoms with Gasteiger partial charge in [-0.1, -0.05) is 64.7 Å². The second-order valence-electron chi connectivity index (χ2n) is 6.51. The van der Waals surface area contributed by atoms with Crippen molar-refractivity contribution < 1.29 is 4.79 Å². The predicted octanol–water partition coefficient (Wildman–Crippen LogP) is 4.17. The second-order valence-corrected chi connectivity index (χ2v) is 6.51. The third-order valence-corrected chi connectivity index (χ3v) is 4.46. The first-order chi connectivity index (χ1) is 10.3. The summed E-state index contributed by atoms with van der Waals surface area (Å²) in [5, 5.41) is 6.57. The molecule has 0 unspecified atom stereocenters. The van der Waals surface area contributed by atoms with Crippen molar-refractivity contribution in [3.63, 3.8) is 0 Å². The highest BCUT2D eigenvalue weighted by Crippen LogP contribution is 2.16. The predicted molar refractivity (Wildman–Crippen MR) is 90.5 cm³/mol. The Morgan fingerprint density at radius 1 is 0.857 bits per heavy atom. The molecule has 0 aromatic heterocycles. The number of rotatable bonds is 6. The molecule has 0 atom stereocenters. The summed E-state index contributed by atoms with van der Waals surface area (Å²) >= 11 is 0. The van der Waals surface area contributed by atoms with Crippen LogP contribution < -0.4 is 10.6 Å². The first-order valence-electron chi connectivity index (χ1n) is 9.33. The Labute approximate surface area is 131 Å². The fourth-order valence-electron chi connectivity index (χ4n) is 3.11. The Morgan fingerprint density at radius 3 is 1.90 bits per heavy atom. The van der Waals surface area contributed by atoms with Gasteiger partial charge in [0, 0.05) is 25.6 Å². The lowest BCUT2D eigenvalue weighted by molar-refractivity contribution is -0.121. The van der Waals surface area contributed by atoms with Crippen LogP contribution in [0.4, 0.5) is 0 Å². The highest BCUT2D eigenvalue weighted by molar-refractivity contribution is 5.75. The van der Waals surface area contributed by atoms with Gasteiger partial charge in [0.1, 0.15) is 0 Å². The van der Waals surface area contributed by atoms with Crippen molar-refractivity contribution in [3.05, 3.63) is 0 Å². The fraction of sp³-hybridized carbons (Fsp3) is 0.944. The van der Waals surface area contributed by atoms with E-state index in [1.54, 1.807) is 0 Å². The summed E-state index contributed by atoms with van der Waals surface area (Å²) in [6, 6.07) is 0.628. The van der Waals surface area contributed by atoms with Crippen LogP contribution in [0.25, 0.3) is 0 Å². The lowest BCUT2D eigenvalue weighted by Crippen LogP contribution is -2.34. The van der Waals surface area contributed by atoms with Crippen molar-refractivity contribution >= 4 is 5.91 Å². The highest BCUT2D eigenvalue weighted by atomic mass is 16.1. The number of carbonyl (C=O) groups excluding carboxylic acids is 1. The Hall–Kier alpha value is -0.570. The van der Waals surface area contributed by atoms with E-state index in [0.717, 1.165) is 19.5 Å². The van der Waals surface area contributed by atoms with Crippen LogP contribution in [-0.4, -0.2) is 25.0 Å². The highest BCUT2D eigenvalue weighted by Gasteiger charge is 2.09. The molecule has 2 N–H and O–H groups in total. The van der Waals surface area contributed by atoms with E-state index in [9.17, 15) is 4.79 Å². The molecule has 0 saturated heterocycles. The van der Waals surface area contributed by atoms with Crippen LogP contribution in [0.15, 0.2) is 0 Å². The average molecular weight is 296 g/mol. The van der Waals surface area contributed by atoms with Gasteiger partial charge in [-0.2, -0.15) is 0 Å². The Bertz CT molecular complexity index is 244. The minimum atomic E-state index is 0.192. The maximum Gasteiger partial charge on any atom is 0.221 e. The number of nitrogens with one attached hydrogen (secondary N) is 2. The van der Waals surface area contributed by atoms with Crippen LogP contribution in [0.3, 0.4) is 0 Å². The minimum absolute atomic E-state index is 0.192. The number of carbonyl (C=O) groups is 1. The first-order valence-corrected chi connectivity index (χ1v) is 9.33. The Morgan fingerprint density at radius 2 is 1.38 bits per heavy atom. The third kappa shape index (κ3) is 10.8. The zero-order valence-electron chi connectivity index (χ0n) is 14.1. The van der Waals surface area contributed by atoms with E-state index in [1.807, 2.05) is 0 Å². The molecule has 1 saturated carbocycles. The van der Waals surface area contributed by atoms with Gasteiger partial charge >= 0.3 is 0 Å². The molecule has 0 heterocycles. The second kappa shape index (κ2) is 13.1. The Balaban J connectivity index is 2.17. The zero-order chi connectivity index (χ0) is 15.2. The molecule has 124 valence electrons. The molecule has 0 radical (unpaired) electrons. The maximum absolute atomic E-state index is 11.6. The number of amides is 1. The Kier molecular flexibility index (Phi) is 11.5. The molecule has 1 rings (SSSR count). The van der Waals surface area contributed by atoms with E-state index in [1.165, 1.54) is 70.6 Å². The van der Waals surface area contributed by atoms with Crippen molar-refractivity contribution in [3.8, 4) is 0 Å². The molecule has 1 fully saturated rings. The summed E-state index contributed by atoms with van der Waals surface area (Å²) in [4.78, 5) is 11.6. The number of hydrogen-bond acceptors (Lipinski definition) is 2. The van der Waals surface area contributed by atoms with E-state index < -0.39 is 0 Å². The van der Waals surface area contributed by atoms with Gasteiger partial charge in [0.05, 0.1) is 0 Å². The first kappa shape index (κ1) is 18.5. The number of hydrogen-bond donors (Lipinski definition) is 2. The molecule has 0 spiro atoms. The van der Waals surface area contributed by atoms with E-state index in [-0.39, 0.29) is 5.91 Å². The normalized spacial score (nSPS) is 19.5. The maximum atomic E-state index is 11.6. The largest absolute Gasteiger partial charge is 0.356 e. The smallest absolute Gasteiger partial charge is 0.221 e. The third-order valence-electron chi connectivity index (χ3n) is 4.46. The van der Waals surface area contributed by atoms with Gasteiger partial charge in [-0.25, -0.2) is 0 Å². The van der Waals surface area contributed by atoms with Gasteiger partial charge < -0.3 is 10.6 Å². The van der Waals surface area contributed by atoms with Crippen molar-refractivity contribution in [2.24, 2.45) is 0 Å². The van der Waals surface area contributed by atoms with Crippen LogP contribution >= 0.6 is 0 Å². The molecule has 1 aliphatic carbocycles. The summed E-state index contributed by atoms with van der Waals surface area (Å²) in [6.07, 6.45) is 16.8.